The second kappa shape index (κ2) is 4.57. The van der Waals surface area contributed by atoms with Crippen molar-refractivity contribution in [1.29, 1.82) is 0 Å². The maximum atomic E-state index is 13.3. The Balaban J connectivity index is 1.95. The number of rotatable bonds is 3. The summed E-state index contributed by atoms with van der Waals surface area (Å²) in [6.07, 6.45) is -0.766. The second-order valence-electron chi connectivity index (χ2n) is 4.88. The van der Waals surface area contributed by atoms with Crippen LogP contribution in [0.15, 0.2) is 24.3 Å². The Labute approximate surface area is 105 Å². The van der Waals surface area contributed by atoms with Crippen LogP contribution in [0.4, 0.5) is 4.39 Å². The van der Waals surface area contributed by atoms with Crippen LogP contribution in [0.1, 0.15) is 13.8 Å². The average molecular weight is 253 g/mol. The van der Waals surface area contributed by atoms with E-state index in [1.54, 1.807) is 26.0 Å². The van der Waals surface area contributed by atoms with Crippen molar-refractivity contribution in [2.75, 3.05) is 13.1 Å². The van der Waals surface area contributed by atoms with Crippen molar-refractivity contribution in [2.24, 2.45) is 0 Å². The van der Waals surface area contributed by atoms with Gasteiger partial charge in [0.1, 0.15) is 0 Å². The van der Waals surface area contributed by atoms with Gasteiger partial charge in [0.15, 0.2) is 17.7 Å². The number of ether oxygens (including phenoxy) is 1. The molecule has 1 fully saturated rings. The Hall–Kier alpha value is -1.62. The predicted molar refractivity (Wildman–Crippen MR) is 63.7 cm³/mol. The normalized spacial score (nSPS) is 19.0. The minimum Gasteiger partial charge on any atom is -0.478 e. The number of amides is 1. The zero-order valence-corrected chi connectivity index (χ0v) is 10.4. The number of carbonyl (C=O) groups is 1. The van der Waals surface area contributed by atoms with E-state index in [4.69, 9.17) is 4.74 Å². The Morgan fingerprint density at radius 1 is 1.50 bits per heavy atom. The smallest absolute Gasteiger partial charge is 0.263 e. The molecule has 1 amide bonds. The number of para-hydroxylation sites is 1. The van der Waals surface area contributed by atoms with Crippen LogP contribution in [-0.4, -0.2) is 40.7 Å². The SMILES string of the molecule is CC(Oc1ccccc1F)C(=O)N1CC(C)(O)C1. The number of β-amino-alcohol motifs (C(OH)–C–C–N with tert-alkyl or cyclic N) is 1. The summed E-state index contributed by atoms with van der Waals surface area (Å²) in [6, 6.07) is 5.96. The van der Waals surface area contributed by atoms with E-state index in [9.17, 15) is 14.3 Å². The molecule has 0 spiro atoms. The molecule has 0 aliphatic carbocycles. The molecule has 0 saturated carbocycles. The lowest BCUT2D eigenvalue weighted by Crippen LogP contribution is -2.63. The number of likely N-dealkylation sites (tertiary alicyclic amines) is 1. The molecule has 1 aromatic rings. The highest BCUT2D eigenvalue weighted by Crippen LogP contribution is 2.22. The molecule has 98 valence electrons. The van der Waals surface area contributed by atoms with E-state index in [0.717, 1.165) is 0 Å². The second-order valence-corrected chi connectivity index (χ2v) is 4.88. The zero-order chi connectivity index (χ0) is 13.3. The molecule has 1 saturated heterocycles. The van der Waals surface area contributed by atoms with Gasteiger partial charge in [-0.1, -0.05) is 12.1 Å². The van der Waals surface area contributed by atoms with Crippen LogP contribution in [0, 0.1) is 5.82 Å². The molecule has 1 heterocycles. The summed E-state index contributed by atoms with van der Waals surface area (Å²) < 4.78 is 18.6. The largest absolute Gasteiger partial charge is 0.478 e. The lowest BCUT2D eigenvalue weighted by Gasteiger charge is -2.44. The molecule has 5 heteroatoms. The number of nitrogens with zero attached hydrogens (tertiary/aromatic N) is 1. The minimum atomic E-state index is -0.812. The molecule has 0 aromatic heterocycles. The lowest BCUT2D eigenvalue weighted by atomic mass is 9.96. The Morgan fingerprint density at radius 3 is 2.67 bits per heavy atom. The van der Waals surface area contributed by atoms with Crippen molar-refractivity contribution >= 4 is 5.91 Å². The quantitative estimate of drug-likeness (QED) is 0.880. The van der Waals surface area contributed by atoms with E-state index < -0.39 is 17.5 Å². The number of halogens is 1. The van der Waals surface area contributed by atoms with Crippen molar-refractivity contribution in [3.05, 3.63) is 30.1 Å². The molecule has 18 heavy (non-hydrogen) atoms. The van der Waals surface area contributed by atoms with Gasteiger partial charge in [0.25, 0.3) is 5.91 Å². The first-order valence-electron chi connectivity index (χ1n) is 5.81. The standard InChI is InChI=1S/C13H16FNO3/c1-9(12(16)15-7-13(2,17)8-15)18-11-6-4-3-5-10(11)14/h3-6,9,17H,7-8H2,1-2H3. The zero-order valence-electron chi connectivity index (χ0n) is 10.4. The Kier molecular flexibility index (Phi) is 3.26. The molecule has 1 unspecified atom stereocenters. The average Bonchev–Trinajstić information content (AvgIpc) is 2.28. The van der Waals surface area contributed by atoms with Crippen LogP contribution in [0.25, 0.3) is 0 Å². The van der Waals surface area contributed by atoms with E-state index in [2.05, 4.69) is 0 Å². The van der Waals surface area contributed by atoms with Crippen LogP contribution in [0.5, 0.6) is 5.75 Å². The van der Waals surface area contributed by atoms with Gasteiger partial charge in [-0.15, -0.1) is 0 Å². The molecule has 1 aliphatic rings. The van der Waals surface area contributed by atoms with E-state index in [0.29, 0.717) is 0 Å². The van der Waals surface area contributed by atoms with Gasteiger partial charge in [0.2, 0.25) is 0 Å². The van der Waals surface area contributed by atoms with Crippen LogP contribution in [0.2, 0.25) is 0 Å². The highest BCUT2D eigenvalue weighted by Gasteiger charge is 2.41. The van der Waals surface area contributed by atoms with Crippen molar-refractivity contribution < 1.29 is 19.0 Å². The number of hydrogen-bond acceptors (Lipinski definition) is 3. The van der Waals surface area contributed by atoms with Crippen molar-refractivity contribution in [1.82, 2.24) is 4.90 Å². The van der Waals surface area contributed by atoms with Gasteiger partial charge in [0.05, 0.1) is 18.7 Å². The topological polar surface area (TPSA) is 49.8 Å². The predicted octanol–water partition coefficient (Wildman–Crippen LogP) is 1.19. The summed E-state index contributed by atoms with van der Waals surface area (Å²) in [7, 11) is 0. The molecule has 4 nitrogen and oxygen atoms in total. The van der Waals surface area contributed by atoms with Crippen molar-refractivity contribution in [3.63, 3.8) is 0 Å². The highest BCUT2D eigenvalue weighted by atomic mass is 19.1. The molecular weight excluding hydrogens is 237 g/mol. The van der Waals surface area contributed by atoms with Gasteiger partial charge in [-0.25, -0.2) is 4.39 Å². The van der Waals surface area contributed by atoms with Crippen LogP contribution < -0.4 is 4.74 Å². The number of aliphatic hydroxyl groups is 1. The molecular formula is C13H16FNO3. The molecule has 1 aromatic carbocycles. The van der Waals surface area contributed by atoms with Gasteiger partial charge in [-0.05, 0) is 26.0 Å². The summed E-state index contributed by atoms with van der Waals surface area (Å²) in [6.45, 7) is 3.81. The van der Waals surface area contributed by atoms with E-state index in [1.165, 1.54) is 17.0 Å². The van der Waals surface area contributed by atoms with E-state index in [1.807, 2.05) is 0 Å². The third-order valence-corrected chi connectivity index (χ3v) is 2.86. The first-order valence-corrected chi connectivity index (χ1v) is 5.81. The van der Waals surface area contributed by atoms with Gasteiger partial charge in [-0.2, -0.15) is 0 Å². The van der Waals surface area contributed by atoms with Crippen LogP contribution >= 0.6 is 0 Å². The van der Waals surface area contributed by atoms with Crippen LogP contribution in [-0.2, 0) is 4.79 Å². The van der Waals surface area contributed by atoms with Crippen molar-refractivity contribution in [3.8, 4) is 5.75 Å². The number of benzene rings is 1. The van der Waals surface area contributed by atoms with Gasteiger partial charge < -0.3 is 14.7 Å². The molecule has 0 radical (unpaired) electrons. The summed E-state index contributed by atoms with van der Waals surface area (Å²) >= 11 is 0. The first kappa shape index (κ1) is 12.8. The summed E-state index contributed by atoms with van der Waals surface area (Å²) in [5.74, 6) is -0.678. The Morgan fingerprint density at radius 2 is 2.11 bits per heavy atom. The molecule has 2 rings (SSSR count). The maximum absolute atomic E-state index is 13.3. The first-order chi connectivity index (χ1) is 8.39. The van der Waals surface area contributed by atoms with Crippen LogP contribution in [0.3, 0.4) is 0 Å². The minimum absolute atomic E-state index is 0.0608. The van der Waals surface area contributed by atoms with Crippen molar-refractivity contribution in [2.45, 2.75) is 25.6 Å². The summed E-state index contributed by atoms with van der Waals surface area (Å²) in [5.41, 5.74) is -0.812. The van der Waals surface area contributed by atoms with Gasteiger partial charge in [-0.3, -0.25) is 4.79 Å². The summed E-state index contributed by atoms with van der Waals surface area (Å²) in [5, 5.41) is 9.55. The molecule has 0 bridgehead atoms. The fourth-order valence-electron chi connectivity index (χ4n) is 1.97. The lowest BCUT2D eigenvalue weighted by molar-refractivity contribution is -0.158. The molecule has 1 aliphatic heterocycles. The fraction of sp³-hybridized carbons (Fsp3) is 0.462. The third-order valence-electron chi connectivity index (χ3n) is 2.86. The van der Waals surface area contributed by atoms with Gasteiger partial charge in [0, 0.05) is 0 Å². The summed E-state index contributed by atoms with van der Waals surface area (Å²) in [4.78, 5) is 13.4. The number of carbonyl (C=O) groups excluding carboxylic acids is 1. The monoisotopic (exact) mass is 253 g/mol. The third kappa shape index (κ3) is 2.61. The van der Waals surface area contributed by atoms with E-state index >= 15 is 0 Å². The Bertz CT molecular complexity index is 453. The molecule has 1 atom stereocenters. The number of hydrogen-bond donors (Lipinski definition) is 1. The maximum Gasteiger partial charge on any atom is 0.263 e. The fourth-order valence-corrected chi connectivity index (χ4v) is 1.97. The van der Waals surface area contributed by atoms with Gasteiger partial charge >= 0.3 is 0 Å². The highest BCUT2D eigenvalue weighted by molar-refractivity contribution is 5.82. The van der Waals surface area contributed by atoms with E-state index in [-0.39, 0.29) is 24.7 Å². The molecule has 1 N–H and O–H groups in total.